The van der Waals surface area contributed by atoms with E-state index >= 15 is 0 Å². The molecule has 1 saturated carbocycles. The molecule has 1 fully saturated rings. The van der Waals surface area contributed by atoms with E-state index in [1.807, 2.05) is 25.1 Å². The second kappa shape index (κ2) is 6.09. The third-order valence-corrected chi connectivity index (χ3v) is 3.87. The van der Waals surface area contributed by atoms with Gasteiger partial charge < -0.3 is 10.6 Å². The molecule has 0 radical (unpaired) electrons. The molecule has 0 saturated heterocycles. The summed E-state index contributed by atoms with van der Waals surface area (Å²) in [6, 6.07) is 5.83. The zero-order chi connectivity index (χ0) is 13.8. The van der Waals surface area contributed by atoms with Crippen LogP contribution < -0.4 is 10.6 Å². The number of nitrogens with one attached hydrogen (secondary N) is 2. The highest BCUT2D eigenvalue weighted by molar-refractivity contribution is 5.94. The molecule has 1 aromatic rings. The zero-order valence-corrected chi connectivity index (χ0v) is 12.1. The lowest BCUT2D eigenvalue weighted by molar-refractivity contribution is 0.0946. The standard InChI is InChI=1S/C16H24N2O/c1-4-17-15-8-7-14(9-11(15)2)16(19)18-10-12(3)13-5-6-13/h7-9,12-13,17H,4-6,10H2,1-3H3,(H,18,19). The molecule has 1 atom stereocenters. The smallest absolute Gasteiger partial charge is 0.251 e. The van der Waals surface area contributed by atoms with Gasteiger partial charge >= 0.3 is 0 Å². The van der Waals surface area contributed by atoms with E-state index in [9.17, 15) is 4.79 Å². The minimum absolute atomic E-state index is 0.0404. The van der Waals surface area contributed by atoms with Gasteiger partial charge in [-0.05, 0) is 62.3 Å². The number of benzene rings is 1. The van der Waals surface area contributed by atoms with Crippen molar-refractivity contribution in [3.05, 3.63) is 29.3 Å². The van der Waals surface area contributed by atoms with Gasteiger partial charge in [-0.1, -0.05) is 6.92 Å². The van der Waals surface area contributed by atoms with E-state index in [-0.39, 0.29) is 5.91 Å². The van der Waals surface area contributed by atoms with Crippen molar-refractivity contribution in [2.24, 2.45) is 11.8 Å². The summed E-state index contributed by atoms with van der Waals surface area (Å²) in [5.41, 5.74) is 2.97. The Balaban J connectivity index is 1.92. The summed E-state index contributed by atoms with van der Waals surface area (Å²) in [6.07, 6.45) is 2.65. The van der Waals surface area contributed by atoms with Crippen LogP contribution >= 0.6 is 0 Å². The number of anilines is 1. The van der Waals surface area contributed by atoms with Crippen LogP contribution in [0, 0.1) is 18.8 Å². The molecule has 2 rings (SSSR count). The van der Waals surface area contributed by atoms with Gasteiger partial charge in [0, 0.05) is 24.3 Å². The summed E-state index contributed by atoms with van der Waals surface area (Å²) in [5.74, 6) is 1.47. The molecule has 0 heterocycles. The molecule has 0 aromatic heterocycles. The van der Waals surface area contributed by atoms with Crippen LogP contribution in [0.4, 0.5) is 5.69 Å². The second-order valence-electron chi connectivity index (χ2n) is 5.58. The van der Waals surface area contributed by atoms with Crippen LogP contribution in [0.25, 0.3) is 0 Å². The van der Waals surface area contributed by atoms with E-state index in [2.05, 4.69) is 24.5 Å². The molecule has 2 N–H and O–H groups in total. The van der Waals surface area contributed by atoms with Crippen molar-refractivity contribution in [2.45, 2.75) is 33.6 Å². The van der Waals surface area contributed by atoms with Crippen molar-refractivity contribution in [1.82, 2.24) is 5.32 Å². The van der Waals surface area contributed by atoms with Crippen LogP contribution in [-0.4, -0.2) is 19.0 Å². The van der Waals surface area contributed by atoms with Crippen LogP contribution in [0.1, 0.15) is 42.6 Å². The number of carbonyl (C=O) groups excluding carboxylic acids is 1. The first-order chi connectivity index (χ1) is 9.11. The predicted molar refractivity (Wildman–Crippen MR) is 79.6 cm³/mol. The second-order valence-corrected chi connectivity index (χ2v) is 5.58. The van der Waals surface area contributed by atoms with Gasteiger partial charge in [0.15, 0.2) is 0 Å². The Morgan fingerprint density at radius 2 is 2.16 bits per heavy atom. The Hall–Kier alpha value is -1.51. The molecule has 1 amide bonds. The normalized spacial score (nSPS) is 15.9. The highest BCUT2D eigenvalue weighted by atomic mass is 16.1. The largest absolute Gasteiger partial charge is 0.385 e. The highest BCUT2D eigenvalue weighted by Gasteiger charge is 2.27. The first-order valence-electron chi connectivity index (χ1n) is 7.24. The van der Waals surface area contributed by atoms with Crippen LogP contribution in [0.15, 0.2) is 18.2 Å². The summed E-state index contributed by atoms with van der Waals surface area (Å²) in [5, 5.41) is 6.32. The number of carbonyl (C=O) groups is 1. The average Bonchev–Trinajstić information content (AvgIpc) is 3.22. The molecule has 0 spiro atoms. The number of rotatable bonds is 6. The molecule has 1 aliphatic carbocycles. The van der Waals surface area contributed by atoms with Crippen molar-refractivity contribution in [1.29, 1.82) is 0 Å². The van der Waals surface area contributed by atoms with Crippen molar-refractivity contribution in [3.8, 4) is 0 Å². The number of hydrogen-bond donors (Lipinski definition) is 2. The predicted octanol–water partition coefficient (Wildman–Crippen LogP) is 3.20. The monoisotopic (exact) mass is 260 g/mol. The van der Waals surface area contributed by atoms with Crippen molar-refractivity contribution < 1.29 is 4.79 Å². The Morgan fingerprint density at radius 3 is 2.74 bits per heavy atom. The summed E-state index contributed by atoms with van der Waals surface area (Å²) in [7, 11) is 0. The summed E-state index contributed by atoms with van der Waals surface area (Å²) in [4.78, 5) is 12.1. The van der Waals surface area contributed by atoms with Gasteiger partial charge in [0.1, 0.15) is 0 Å². The Morgan fingerprint density at radius 1 is 1.42 bits per heavy atom. The Labute approximate surface area is 115 Å². The van der Waals surface area contributed by atoms with Gasteiger partial charge in [0.25, 0.3) is 5.91 Å². The minimum atomic E-state index is 0.0404. The Kier molecular flexibility index (Phi) is 4.46. The highest BCUT2D eigenvalue weighted by Crippen LogP contribution is 2.36. The molecule has 0 bridgehead atoms. The first kappa shape index (κ1) is 13.9. The first-order valence-corrected chi connectivity index (χ1v) is 7.24. The van der Waals surface area contributed by atoms with Crippen molar-refractivity contribution in [3.63, 3.8) is 0 Å². The maximum Gasteiger partial charge on any atom is 0.251 e. The van der Waals surface area contributed by atoms with Crippen LogP contribution in [0.3, 0.4) is 0 Å². The summed E-state index contributed by atoms with van der Waals surface area (Å²) in [6.45, 7) is 8.00. The lowest BCUT2D eigenvalue weighted by Crippen LogP contribution is -2.29. The fourth-order valence-electron chi connectivity index (χ4n) is 2.38. The lowest BCUT2D eigenvalue weighted by Gasteiger charge is -2.13. The van der Waals surface area contributed by atoms with Gasteiger partial charge in [-0.3, -0.25) is 4.79 Å². The molecule has 1 aromatic carbocycles. The van der Waals surface area contributed by atoms with Gasteiger partial charge in [0.05, 0.1) is 0 Å². The van der Waals surface area contributed by atoms with E-state index in [0.717, 1.165) is 35.8 Å². The van der Waals surface area contributed by atoms with Crippen LogP contribution in [0.5, 0.6) is 0 Å². The molecule has 19 heavy (non-hydrogen) atoms. The third-order valence-electron chi connectivity index (χ3n) is 3.87. The van der Waals surface area contributed by atoms with E-state index < -0.39 is 0 Å². The molecule has 1 aliphatic rings. The number of hydrogen-bond acceptors (Lipinski definition) is 2. The van der Waals surface area contributed by atoms with E-state index in [1.165, 1.54) is 12.8 Å². The molecule has 0 aliphatic heterocycles. The fraction of sp³-hybridized carbons (Fsp3) is 0.562. The van der Waals surface area contributed by atoms with E-state index in [4.69, 9.17) is 0 Å². The average molecular weight is 260 g/mol. The SMILES string of the molecule is CCNc1ccc(C(=O)NCC(C)C2CC2)cc1C. The summed E-state index contributed by atoms with van der Waals surface area (Å²) < 4.78 is 0. The van der Waals surface area contributed by atoms with Gasteiger partial charge in [-0.15, -0.1) is 0 Å². The maximum atomic E-state index is 12.1. The molecule has 1 unspecified atom stereocenters. The maximum absolute atomic E-state index is 12.1. The molecule has 3 nitrogen and oxygen atoms in total. The number of amides is 1. The number of aryl methyl sites for hydroxylation is 1. The molecule has 3 heteroatoms. The van der Waals surface area contributed by atoms with Crippen molar-refractivity contribution >= 4 is 11.6 Å². The topological polar surface area (TPSA) is 41.1 Å². The summed E-state index contributed by atoms with van der Waals surface area (Å²) >= 11 is 0. The fourth-order valence-corrected chi connectivity index (χ4v) is 2.38. The lowest BCUT2D eigenvalue weighted by atomic mass is 10.1. The van der Waals surface area contributed by atoms with E-state index in [0.29, 0.717) is 5.92 Å². The van der Waals surface area contributed by atoms with Gasteiger partial charge in [0.2, 0.25) is 0 Å². The third kappa shape index (κ3) is 3.72. The Bertz CT molecular complexity index is 452. The van der Waals surface area contributed by atoms with Crippen LogP contribution in [0.2, 0.25) is 0 Å². The van der Waals surface area contributed by atoms with Gasteiger partial charge in [-0.25, -0.2) is 0 Å². The quantitative estimate of drug-likeness (QED) is 0.824. The van der Waals surface area contributed by atoms with Gasteiger partial charge in [-0.2, -0.15) is 0 Å². The van der Waals surface area contributed by atoms with E-state index in [1.54, 1.807) is 0 Å². The molecule has 104 valence electrons. The zero-order valence-electron chi connectivity index (χ0n) is 12.1. The molecular formula is C16H24N2O. The minimum Gasteiger partial charge on any atom is -0.385 e. The van der Waals surface area contributed by atoms with Crippen molar-refractivity contribution in [2.75, 3.05) is 18.4 Å². The van der Waals surface area contributed by atoms with Crippen LogP contribution in [-0.2, 0) is 0 Å². The molecular weight excluding hydrogens is 236 g/mol.